The Morgan fingerprint density at radius 3 is 2.25 bits per heavy atom. The molecule has 16 heavy (non-hydrogen) atoms. The molecule has 0 radical (unpaired) electrons. The van der Waals surface area contributed by atoms with Gasteiger partial charge in [-0.2, -0.15) is 0 Å². The topological polar surface area (TPSA) is 92.4 Å². The van der Waals surface area contributed by atoms with Crippen molar-refractivity contribution in [3.8, 4) is 0 Å². The number of aliphatic carboxylic acids is 1. The Morgan fingerprint density at radius 1 is 1.44 bits per heavy atom. The first kappa shape index (κ1) is 13.0. The average Bonchev–Trinajstić information content (AvgIpc) is 3.00. The molecule has 0 bridgehead atoms. The van der Waals surface area contributed by atoms with E-state index in [9.17, 15) is 14.7 Å². The molecule has 5 heteroatoms. The summed E-state index contributed by atoms with van der Waals surface area (Å²) in [4.78, 5) is 23.0. The van der Waals surface area contributed by atoms with Gasteiger partial charge in [-0.3, -0.25) is 4.79 Å². The van der Waals surface area contributed by atoms with E-state index >= 15 is 0 Å². The minimum Gasteiger partial charge on any atom is -0.480 e. The molecular weight excluding hydrogens is 208 g/mol. The summed E-state index contributed by atoms with van der Waals surface area (Å²) in [7, 11) is 0. The third-order valence-corrected chi connectivity index (χ3v) is 3.46. The Morgan fingerprint density at radius 2 is 1.94 bits per heavy atom. The summed E-state index contributed by atoms with van der Waals surface area (Å²) in [6.45, 7) is 4.96. The normalized spacial score (nSPS) is 23.0. The number of rotatable bonds is 5. The molecule has 1 aliphatic rings. The van der Waals surface area contributed by atoms with Crippen molar-refractivity contribution in [2.75, 3.05) is 0 Å². The summed E-state index contributed by atoms with van der Waals surface area (Å²) in [5.41, 5.74) is 3.60. The van der Waals surface area contributed by atoms with Crippen LogP contribution in [0.1, 0.15) is 40.0 Å². The molecule has 1 aliphatic carbocycles. The maximum atomic E-state index is 11.8. The standard InChI is InChI=1S/C11H20N2O3/c1-4-10(2,12)8(14)13-11(3,9(15)16)7-5-6-7/h7H,4-6,12H2,1-3H3,(H,13,14)(H,15,16). The third-order valence-electron chi connectivity index (χ3n) is 3.46. The van der Waals surface area contributed by atoms with Crippen LogP contribution in [0.4, 0.5) is 0 Å². The van der Waals surface area contributed by atoms with Crippen LogP contribution in [0.2, 0.25) is 0 Å². The predicted molar refractivity (Wildman–Crippen MR) is 59.8 cm³/mol. The van der Waals surface area contributed by atoms with E-state index in [2.05, 4.69) is 5.32 Å². The van der Waals surface area contributed by atoms with Crippen LogP contribution in [-0.2, 0) is 9.59 Å². The number of nitrogens with one attached hydrogen (secondary N) is 1. The number of nitrogens with two attached hydrogens (primary N) is 1. The quantitative estimate of drug-likeness (QED) is 0.638. The molecule has 2 unspecified atom stereocenters. The number of carboxylic acid groups (broad SMARTS) is 1. The van der Waals surface area contributed by atoms with Gasteiger partial charge < -0.3 is 16.2 Å². The van der Waals surface area contributed by atoms with Gasteiger partial charge in [-0.15, -0.1) is 0 Å². The van der Waals surface area contributed by atoms with Gasteiger partial charge in [0.1, 0.15) is 5.54 Å². The minimum atomic E-state index is -1.17. The summed E-state index contributed by atoms with van der Waals surface area (Å²) in [6.07, 6.45) is 2.16. The summed E-state index contributed by atoms with van der Waals surface area (Å²) in [5, 5.41) is 11.8. The van der Waals surface area contributed by atoms with Crippen LogP contribution < -0.4 is 11.1 Å². The van der Waals surface area contributed by atoms with Gasteiger partial charge in [-0.1, -0.05) is 6.92 Å². The van der Waals surface area contributed by atoms with Crippen molar-refractivity contribution in [3.05, 3.63) is 0 Å². The van der Waals surface area contributed by atoms with Crippen molar-refractivity contribution in [1.82, 2.24) is 5.32 Å². The Balaban J connectivity index is 2.77. The molecule has 0 heterocycles. The summed E-state index contributed by atoms with van der Waals surface area (Å²) in [6, 6.07) is 0. The van der Waals surface area contributed by atoms with Gasteiger partial charge in [0.25, 0.3) is 0 Å². The van der Waals surface area contributed by atoms with Crippen molar-refractivity contribution in [2.24, 2.45) is 11.7 Å². The lowest BCUT2D eigenvalue weighted by atomic mass is 9.92. The van der Waals surface area contributed by atoms with Gasteiger partial charge in [-0.05, 0) is 39.0 Å². The lowest BCUT2D eigenvalue weighted by Gasteiger charge is -2.31. The summed E-state index contributed by atoms with van der Waals surface area (Å²) in [5.74, 6) is -1.36. The van der Waals surface area contributed by atoms with Gasteiger partial charge in [0.2, 0.25) is 5.91 Å². The highest BCUT2D eigenvalue weighted by Crippen LogP contribution is 2.39. The average molecular weight is 228 g/mol. The molecule has 2 atom stereocenters. The number of carbonyl (C=O) groups is 2. The van der Waals surface area contributed by atoms with E-state index in [4.69, 9.17) is 5.73 Å². The Hall–Kier alpha value is -1.10. The van der Waals surface area contributed by atoms with E-state index < -0.39 is 23.0 Å². The fourth-order valence-corrected chi connectivity index (χ4v) is 1.53. The lowest BCUT2D eigenvalue weighted by Crippen LogP contribution is -2.61. The highest BCUT2D eigenvalue weighted by Gasteiger charge is 2.49. The fourth-order valence-electron chi connectivity index (χ4n) is 1.53. The second-order valence-electron chi connectivity index (χ2n) is 5.01. The van der Waals surface area contributed by atoms with Gasteiger partial charge in [0.15, 0.2) is 0 Å². The highest BCUT2D eigenvalue weighted by molar-refractivity contribution is 5.91. The molecule has 0 aromatic carbocycles. The zero-order valence-corrected chi connectivity index (χ0v) is 10.0. The van der Waals surface area contributed by atoms with Crippen molar-refractivity contribution in [3.63, 3.8) is 0 Å². The van der Waals surface area contributed by atoms with Gasteiger partial charge in [0, 0.05) is 0 Å². The zero-order valence-electron chi connectivity index (χ0n) is 10.0. The van der Waals surface area contributed by atoms with Crippen molar-refractivity contribution in [2.45, 2.75) is 51.1 Å². The second-order valence-corrected chi connectivity index (χ2v) is 5.01. The third kappa shape index (κ3) is 2.35. The first-order valence-corrected chi connectivity index (χ1v) is 5.59. The molecule has 0 aromatic rings. The number of carboxylic acids is 1. The molecule has 0 aliphatic heterocycles. The summed E-state index contributed by atoms with van der Waals surface area (Å²) >= 11 is 0. The molecule has 0 spiro atoms. The van der Waals surface area contributed by atoms with E-state index in [1.165, 1.54) is 0 Å². The van der Waals surface area contributed by atoms with Gasteiger partial charge >= 0.3 is 5.97 Å². The lowest BCUT2D eigenvalue weighted by molar-refractivity contribution is -0.148. The van der Waals surface area contributed by atoms with Crippen LogP contribution in [0.3, 0.4) is 0 Å². The molecule has 1 saturated carbocycles. The number of hydrogen-bond acceptors (Lipinski definition) is 3. The highest BCUT2D eigenvalue weighted by atomic mass is 16.4. The van der Waals surface area contributed by atoms with Crippen LogP contribution in [0.5, 0.6) is 0 Å². The van der Waals surface area contributed by atoms with E-state index in [1.54, 1.807) is 20.8 Å². The maximum absolute atomic E-state index is 11.8. The van der Waals surface area contributed by atoms with E-state index in [1.807, 2.05) is 0 Å². The van der Waals surface area contributed by atoms with Crippen molar-refractivity contribution in [1.29, 1.82) is 0 Å². The minimum absolute atomic E-state index is 0.0293. The van der Waals surface area contributed by atoms with E-state index in [0.29, 0.717) is 6.42 Å². The van der Waals surface area contributed by atoms with Gasteiger partial charge in [0.05, 0.1) is 5.54 Å². The monoisotopic (exact) mass is 228 g/mol. The number of carbonyl (C=O) groups excluding carboxylic acids is 1. The first-order chi connectivity index (χ1) is 7.24. The van der Waals surface area contributed by atoms with Crippen LogP contribution in [0, 0.1) is 5.92 Å². The first-order valence-electron chi connectivity index (χ1n) is 5.59. The summed E-state index contributed by atoms with van der Waals surface area (Å²) < 4.78 is 0. The van der Waals surface area contributed by atoms with Crippen LogP contribution >= 0.6 is 0 Å². The molecule has 1 fully saturated rings. The van der Waals surface area contributed by atoms with Crippen LogP contribution in [0.15, 0.2) is 0 Å². The van der Waals surface area contributed by atoms with E-state index in [0.717, 1.165) is 12.8 Å². The largest absolute Gasteiger partial charge is 0.480 e. The molecule has 0 aromatic heterocycles. The molecule has 1 amide bonds. The molecule has 92 valence electrons. The van der Waals surface area contributed by atoms with Gasteiger partial charge in [-0.25, -0.2) is 4.79 Å². The number of hydrogen-bond donors (Lipinski definition) is 3. The van der Waals surface area contributed by atoms with Crippen molar-refractivity contribution < 1.29 is 14.7 Å². The zero-order chi connectivity index (χ0) is 12.6. The molecule has 4 N–H and O–H groups in total. The maximum Gasteiger partial charge on any atom is 0.329 e. The molecule has 0 saturated heterocycles. The fraction of sp³-hybridized carbons (Fsp3) is 0.818. The smallest absolute Gasteiger partial charge is 0.329 e. The van der Waals surface area contributed by atoms with Crippen LogP contribution in [0.25, 0.3) is 0 Å². The molecule has 1 rings (SSSR count). The Labute approximate surface area is 95.4 Å². The van der Waals surface area contributed by atoms with E-state index in [-0.39, 0.29) is 5.92 Å². The SMILES string of the molecule is CCC(C)(N)C(=O)NC(C)(C(=O)O)C1CC1. The molecule has 5 nitrogen and oxygen atoms in total. The second kappa shape index (κ2) is 4.05. The molecular formula is C11H20N2O3. The Bertz CT molecular complexity index is 310. The predicted octanol–water partition coefficient (Wildman–Crippen LogP) is 0.483. The van der Waals surface area contributed by atoms with Crippen molar-refractivity contribution >= 4 is 11.9 Å². The number of amides is 1. The van der Waals surface area contributed by atoms with Crippen LogP contribution in [-0.4, -0.2) is 28.1 Å². The Kier molecular flexibility index (Phi) is 3.28.